The largest absolute Gasteiger partial charge is 0.493 e. The van der Waals surface area contributed by atoms with Crippen molar-refractivity contribution in [3.05, 3.63) is 71.3 Å². The number of nitrogens with one attached hydrogen (secondary N) is 1. The molecule has 36 heavy (non-hydrogen) atoms. The van der Waals surface area contributed by atoms with Crippen molar-refractivity contribution < 1.29 is 23.0 Å². The molecule has 192 valence electrons. The van der Waals surface area contributed by atoms with Crippen LogP contribution in [-0.4, -0.2) is 62.4 Å². The van der Waals surface area contributed by atoms with Gasteiger partial charge in [-0.25, -0.2) is 13.1 Å². The number of sulfonamides is 1. The van der Waals surface area contributed by atoms with E-state index in [2.05, 4.69) is 22.3 Å². The van der Waals surface area contributed by atoms with Gasteiger partial charge in [0.15, 0.2) is 11.5 Å². The lowest BCUT2D eigenvalue weighted by Gasteiger charge is -2.64. The van der Waals surface area contributed by atoms with Crippen LogP contribution in [0.4, 0.5) is 0 Å². The number of aryl methyl sites for hydroxylation is 1. The summed E-state index contributed by atoms with van der Waals surface area (Å²) in [6.45, 7) is 7.35. The van der Waals surface area contributed by atoms with Gasteiger partial charge in [-0.15, -0.1) is 6.58 Å². The Morgan fingerprint density at radius 1 is 1.28 bits per heavy atom. The second kappa shape index (κ2) is 8.31. The maximum Gasteiger partial charge on any atom is 0.216 e. The first-order valence-electron chi connectivity index (χ1n) is 12.7. The molecule has 1 spiro atoms. The van der Waals surface area contributed by atoms with Crippen molar-refractivity contribution in [3.63, 3.8) is 0 Å². The van der Waals surface area contributed by atoms with Crippen LogP contribution in [0.3, 0.4) is 0 Å². The number of hydrogen-bond acceptors (Lipinski definition) is 6. The van der Waals surface area contributed by atoms with Crippen molar-refractivity contribution in [2.24, 2.45) is 0 Å². The zero-order valence-corrected chi connectivity index (χ0v) is 21.7. The molecule has 0 unspecified atom stereocenters. The molecule has 5 atom stereocenters. The zero-order chi connectivity index (χ0) is 25.3. The number of aliphatic hydroxyl groups is 1. The molecule has 6 rings (SSSR count). The third-order valence-corrected chi connectivity index (χ3v) is 10.4. The van der Waals surface area contributed by atoms with Crippen LogP contribution in [-0.2, 0) is 27.6 Å². The van der Waals surface area contributed by atoms with Crippen LogP contribution >= 0.6 is 0 Å². The highest BCUT2D eigenvalue weighted by Crippen LogP contribution is 2.65. The Bertz CT molecular complexity index is 1330. The van der Waals surface area contributed by atoms with Crippen LogP contribution in [0.25, 0.3) is 0 Å². The quantitative estimate of drug-likeness (QED) is 0.557. The van der Waals surface area contributed by atoms with Gasteiger partial charge in [-0.05, 0) is 61.9 Å². The molecule has 2 aliphatic carbocycles. The van der Waals surface area contributed by atoms with Crippen molar-refractivity contribution in [2.75, 3.05) is 20.2 Å². The highest BCUT2D eigenvalue weighted by Gasteiger charge is 2.73. The van der Waals surface area contributed by atoms with Crippen LogP contribution in [0.2, 0.25) is 0 Å². The molecule has 8 heteroatoms. The predicted molar refractivity (Wildman–Crippen MR) is 138 cm³/mol. The number of nitrogens with zero attached hydrogens (tertiary/aromatic N) is 1. The van der Waals surface area contributed by atoms with Gasteiger partial charge in [0.25, 0.3) is 0 Å². The van der Waals surface area contributed by atoms with Crippen LogP contribution in [0.15, 0.2) is 49.1 Å². The number of ether oxygens (including phenoxy) is 2. The molecule has 1 saturated heterocycles. The Hall–Kier alpha value is -2.39. The molecule has 2 bridgehead atoms. The summed E-state index contributed by atoms with van der Waals surface area (Å²) in [6, 6.07) is 11.0. The van der Waals surface area contributed by atoms with Gasteiger partial charge in [0.05, 0.1) is 29.9 Å². The molecule has 4 aliphatic rings. The average molecular weight is 511 g/mol. The lowest BCUT2D eigenvalue weighted by atomic mass is 9.48. The summed E-state index contributed by atoms with van der Waals surface area (Å²) in [5, 5.41) is 12.5. The molecular formula is C28H34N2O5S. The number of piperidine rings is 1. The van der Waals surface area contributed by atoms with Crippen molar-refractivity contribution in [1.29, 1.82) is 0 Å². The minimum absolute atomic E-state index is 0.0771. The topological polar surface area (TPSA) is 88.1 Å². The fraction of sp³-hybridized carbons (Fsp3) is 0.500. The Morgan fingerprint density at radius 3 is 2.83 bits per heavy atom. The second-order valence-electron chi connectivity index (χ2n) is 10.8. The van der Waals surface area contributed by atoms with Gasteiger partial charge in [0.2, 0.25) is 10.0 Å². The standard InChI is InChI=1S/C28H34N2O5S/c1-4-14-30-15-13-27-24-19-9-10-22(34-3)25(24)35-26(27)21(11-12-28(27,31)23(30)16-19)29-36(32,33)17-20-8-6-5-7-18(20)2/h4-10,21,23,26,29,31H,1,11-17H2,2-3H3/t21-,23+,26-,27-,28+/m0/s1. The lowest BCUT2D eigenvalue weighted by Crippen LogP contribution is -2.78. The Balaban J connectivity index is 1.41. The fourth-order valence-electron chi connectivity index (χ4n) is 7.54. The van der Waals surface area contributed by atoms with Gasteiger partial charge in [-0.3, -0.25) is 4.90 Å². The maximum atomic E-state index is 13.4. The Kier molecular flexibility index (Phi) is 5.54. The van der Waals surface area contributed by atoms with Gasteiger partial charge in [-0.1, -0.05) is 36.4 Å². The molecule has 2 aliphatic heterocycles. The van der Waals surface area contributed by atoms with Gasteiger partial charge in [0.1, 0.15) is 6.10 Å². The summed E-state index contributed by atoms with van der Waals surface area (Å²) >= 11 is 0. The van der Waals surface area contributed by atoms with Gasteiger partial charge in [0, 0.05) is 18.2 Å². The van der Waals surface area contributed by atoms with E-state index in [-0.39, 0.29) is 11.8 Å². The zero-order valence-electron chi connectivity index (χ0n) is 20.9. The van der Waals surface area contributed by atoms with E-state index in [0.29, 0.717) is 37.3 Å². The minimum Gasteiger partial charge on any atom is -0.493 e. The van der Waals surface area contributed by atoms with E-state index in [4.69, 9.17) is 9.47 Å². The fourth-order valence-corrected chi connectivity index (χ4v) is 9.05. The molecule has 2 aromatic carbocycles. The number of methoxy groups -OCH3 is 1. The molecular weight excluding hydrogens is 476 g/mol. The van der Waals surface area contributed by atoms with Crippen molar-refractivity contribution in [2.45, 2.75) is 67.6 Å². The first-order valence-corrected chi connectivity index (χ1v) is 14.4. The third kappa shape index (κ3) is 3.24. The Morgan fingerprint density at radius 2 is 2.08 bits per heavy atom. The summed E-state index contributed by atoms with van der Waals surface area (Å²) in [4.78, 5) is 2.32. The van der Waals surface area contributed by atoms with Gasteiger partial charge >= 0.3 is 0 Å². The smallest absolute Gasteiger partial charge is 0.216 e. The number of likely N-dealkylation sites (tertiary alicyclic amines) is 1. The van der Waals surface area contributed by atoms with Crippen LogP contribution in [0.5, 0.6) is 11.5 Å². The molecule has 0 aromatic heterocycles. The van der Waals surface area contributed by atoms with E-state index in [1.165, 1.54) is 0 Å². The Labute approximate surface area is 213 Å². The van der Waals surface area contributed by atoms with E-state index in [1.54, 1.807) is 7.11 Å². The summed E-state index contributed by atoms with van der Waals surface area (Å²) in [5.41, 5.74) is 2.18. The molecule has 0 amide bonds. The van der Waals surface area contributed by atoms with Crippen LogP contribution in [0, 0.1) is 6.92 Å². The molecule has 2 N–H and O–H groups in total. The first-order chi connectivity index (χ1) is 17.2. The molecule has 2 aromatic rings. The average Bonchev–Trinajstić information content (AvgIpc) is 3.19. The summed E-state index contributed by atoms with van der Waals surface area (Å²) in [5.74, 6) is 1.21. The van der Waals surface area contributed by atoms with Crippen LogP contribution in [0.1, 0.15) is 41.5 Å². The van der Waals surface area contributed by atoms with Crippen molar-refractivity contribution in [1.82, 2.24) is 9.62 Å². The number of hydrogen-bond donors (Lipinski definition) is 2. The molecule has 2 fully saturated rings. The molecule has 1 saturated carbocycles. The van der Waals surface area contributed by atoms with Crippen LogP contribution < -0.4 is 14.2 Å². The molecule has 7 nitrogen and oxygen atoms in total. The van der Waals surface area contributed by atoms with Gasteiger partial charge in [-0.2, -0.15) is 0 Å². The second-order valence-corrected chi connectivity index (χ2v) is 12.5. The normalized spacial score (nSPS) is 32.5. The predicted octanol–water partition coefficient (Wildman–Crippen LogP) is 2.83. The van der Waals surface area contributed by atoms with E-state index in [1.807, 2.05) is 43.3 Å². The lowest BCUT2D eigenvalue weighted by molar-refractivity contribution is -0.188. The molecule has 2 heterocycles. The van der Waals surface area contributed by atoms with Gasteiger partial charge < -0.3 is 14.6 Å². The number of rotatable bonds is 7. The van der Waals surface area contributed by atoms with E-state index in [0.717, 1.165) is 35.2 Å². The summed E-state index contributed by atoms with van der Waals surface area (Å²) < 4.78 is 42.1. The highest BCUT2D eigenvalue weighted by molar-refractivity contribution is 7.88. The van der Waals surface area contributed by atoms with E-state index < -0.39 is 33.2 Å². The van der Waals surface area contributed by atoms with Crippen molar-refractivity contribution in [3.8, 4) is 11.5 Å². The summed E-state index contributed by atoms with van der Waals surface area (Å²) in [6.07, 6.45) is 3.78. The molecule has 0 radical (unpaired) electrons. The maximum absolute atomic E-state index is 13.4. The first kappa shape index (κ1) is 24.0. The van der Waals surface area contributed by atoms with E-state index >= 15 is 0 Å². The minimum atomic E-state index is -3.64. The SMILES string of the molecule is C=CCN1CC[C@]23c4c5ccc(OC)c4O[C@H]2[C@@H](NS(=O)(=O)Cc2ccccc2C)CC[C@@]3(O)[C@H]1C5. The summed E-state index contributed by atoms with van der Waals surface area (Å²) in [7, 11) is -2.03. The van der Waals surface area contributed by atoms with E-state index in [9.17, 15) is 13.5 Å². The monoisotopic (exact) mass is 510 g/mol. The third-order valence-electron chi connectivity index (χ3n) is 9.08. The highest BCUT2D eigenvalue weighted by atomic mass is 32.2. The van der Waals surface area contributed by atoms with Crippen molar-refractivity contribution >= 4 is 10.0 Å². The number of benzene rings is 2.